The zero-order valence-electron chi connectivity index (χ0n) is 11.4. The zero-order valence-corrected chi connectivity index (χ0v) is 11.4. The molecule has 0 radical (unpaired) electrons. The van der Waals surface area contributed by atoms with Crippen LogP contribution in [0.1, 0.15) is 18.4 Å². The van der Waals surface area contributed by atoms with Gasteiger partial charge in [-0.3, -0.25) is 0 Å². The molecule has 0 atom stereocenters. The molecule has 102 valence electrons. The summed E-state index contributed by atoms with van der Waals surface area (Å²) in [5, 5.41) is 3.37. The maximum Gasteiger partial charge on any atom is 0.122 e. The molecule has 1 aromatic carbocycles. The highest BCUT2D eigenvalue weighted by molar-refractivity contribution is 5.38. The standard InChI is InChI=1S/C14H24N2O2/c1-17-13-9-12(10-14(11-13)18-2)5-3-7-16-8-4-6-15/h9-11,16H,3-8,15H2,1-2H3. The first-order valence-corrected chi connectivity index (χ1v) is 6.43. The van der Waals surface area contributed by atoms with Gasteiger partial charge >= 0.3 is 0 Å². The van der Waals surface area contributed by atoms with Gasteiger partial charge in [-0.05, 0) is 56.6 Å². The average molecular weight is 252 g/mol. The summed E-state index contributed by atoms with van der Waals surface area (Å²) in [5.74, 6) is 1.70. The second-order valence-corrected chi connectivity index (χ2v) is 4.22. The lowest BCUT2D eigenvalue weighted by Gasteiger charge is -2.09. The molecule has 0 fully saturated rings. The van der Waals surface area contributed by atoms with E-state index in [0.717, 1.165) is 50.4 Å². The second-order valence-electron chi connectivity index (χ2n) is 4.22. The lowest BCUT2D eigenvalue weighted by molar-refractivity contribution is 0.393. The van der Waals surface area contributed by atoms with Crippen molar-refractivity contribution in [3.8, 4) is 11.5 Å². The summed E-state index contributed by atoms with van der Waals surface area (Å²) in [4.78, 5) is 0. The molecule has 0 heterocycles. The molecule has 0 spiro atoms. The van der Waals surface area contributed by atoms with Crippen molar-refractivity contribution in [3.05, 3.63) is 23.8 Å². The van der Waals surface area contributed by atoms with Crippen LogP contribution in [0.15, 0.2) is 18.2 Å². The summed E-state index contributed by atoms with van der Waals surface area (Å²) in [6.45, 7) is 2.76. The minimum atomic E-state index is 0.750. The third kappa shape index (κ3) is 5.38. The van der Waals surface area contributed by atoms with E-state index in [1.54, 1.807) is 14.2 Å². The highest BCUT2D eigenvalue weighted by atomic mass is 16.5. The molecule has 1 rings (SSSR count). The molecule has 0 saturated carbocycles. The minimum Gasteiger partial charge on any atom is -0.497 e. The molecule has 0 aliphatic carbocycles. The van der Waals surface area contributed by atoms with E-state index in [9.17, 15) is 0 Å². The van der Waals surface area contributed by atoms with Gasteiger partial charge in [0, 0.05) is 6.07 Å². The average Bonchev–Trinajstić information content (AvgIpc) is 2.42. The predicted molar refractivity (Wildman–Crippen MR) is 74.4 cm³/mol. The van der Waals surface area contributed by atoms with E-state index in [0.29, 0.717) is 0 Å². The summed E-state index contributed by atoms with van der Waals surface area (Å²) < 4.78 is 10.5. The Hall–Kier alpha value is -1.26. The second kappa shape index (κ2) is 8.78. The summed E-state index contributed by atoms with van der Waals surface area (Å²) in [6, 6.07) is 6.01. The van der Waals surface area contributed by atoms with E-state index in [2.05, 4.69) is 17.4 Å². The number of ether oxygens (including phenoxy) is 2. The SMILES string of the molecule is COc1cc(CCCNCCCN)cc(OC)c1. The summed E-state index contributed by atoms with van der Waals surface area (Å²) in [6.07, 6.45) is 3.15. The number of aryl methyl sites for hydroxylation is 1. The van der Waals surface area contributed by atoms with Gasteiger partial charge in [0.2, 0.25) is 0 Å². The predicted octanol–water partition coefficient (Wildman–Crippen LogP) is 1.57. The fourth-order valence-corrected chi connectivity index (χ4v) is 1.78. The van der Waals surface area contributed by atoms with Gasteiger partial charge in [-0.25, -0.2) is 0 Å². The van der Waals surface area contributed by atoms with Crippen LogP contribution in [0.3, 0.4) is 0 Å². The van der Waals surface area contributed by atoms with Crippen LogP contribution in [-0.4, -0.2) is 33.9 Å². The van der Waals surface area contributed by atoms with Crippen LogP contribution in [0.4, 0.5) is 0 Å². The number of methoxy groups -OCH3 is 2. The lowest BCUT2D eigenvalue weighted by Crippen LogP contribution is -2.19. The van der Waals surface area contributed by atoms with Crippen molar-refractivity contribution >= 4 is 0 Å². The van der Waals surface area contributed by atoms with Crippen LogP contribution >= 0.6 is 0 Å². The molecule has 1 aromatic rings. The molecule has 0 saturated heterocycles. The molecule has 18 heavy (non-hydrogen) atoms. The number of benzene rings is 1. The van der Waals surface area contributed by atoms with Crippen molar-refractivity contribution in [2.45, 2.75) is 19.3 Å². The monoisotopic (exact) mass is 252 g/mol. The quantitative estimate of drug-likeness (QED) is 0.655. The van der Waals surface area contributed by atoms with Gasteiger partial charge in [0.05, 0.1) is 14.2 Å². The fourth-order valence-electron chi connectivity index (χ4n) is 1.78. The highest BCUT2D eigenvalue weighted by Gasteiger charge is 2.01. The van der Waals surface area contributed by atoms with Gasteiger partial charge in [-0.2, -0.15) is 0 Å². The maximum absolute atomic E-state index is 5.43. The third-order valence-corrected chi connectivity index (χ3v) is 2.79. The first-order chi connectivity index (χ1) is 8.80. The van der Waals surface area contributed by atoms with Crippen LogP contribution in [0.5, 0.6) is 11.5 Å². The summed E-state index contributed by atoms with van der Waals surface area (Å²) in [5.41, 5.74) is 6.67. The Labute approximate surface area is 109 Å². The van der Waals surface area contributed by atoms with Crippen molar-refractivity contribution in [2.24, 2.45) is 5.73 Å². The van der Waals surface area contributed by atoms with Crippen LogP contribution in [0.2, 0.25) is 0 Å². The summed E-state index contributed by atoms with van der Waals surface area (Å²) in [7, 11) is 3.35. The Kier molecular flexibility index (Phi) is 7.22. The van der Waals surface area contributed by atoms with Crippen LogP contribution in [-0.2, 0) is 6.42 Å². The van der Waals surface area contributed by atoms with E-state index in [4.69, 9.17) is 15.2 Å². The number of nitrogens with two attached hydrogens (primary N) is 1. The Bertz CT molecular complexity index is 320. The molecule has 4 nitrogen and oxygen atoms in total. The third-order valence-electron chi connectivity index (χ3n) is 2.79. The van der Waals surface area contributed by atoms with Gasteiger partial charge in [0.15, 0.2) is 0 Å². The zero-order chi connectivity index (χ0) is 13.2. The number of hydrogen-bond acceptors (Lipinski definition) is 4. The Morgan fingerprint density at radius 3 is 2.17 bits per heavy atom. The first kappa shape index (κ1) is 14.8. The highest BCUT2D eigenvalue weighted by Crippen LogP contribution is 2.23. The van der Waals surface area contributed by atoms with E-state index in [1.165, 1.54) is 5.56 Å². The largest absolute Gasteiger partial charge is 0.497 e. The fraction of sp³-hybridized carbons (Fsp3) is 0.571. The van der Waals surface area contributed by atoms with Crippen molar-refractivity contribution < 1.29 is 9.47 Å². The van der Waals surface area contributed by atoms with Gasteiger partial charge in [-0.15, -0.1) is 0 Å². The van der Waals surface area contributed by atoms with Crippen LogP contribution < -0.4 is 20.5 Å². The normalized spacial score (nSPS) is 10.4. The molecule has 0 unspecified atom stereocenters. The number of rotatable bonds is 9. The minimum absolute atomic E-state index is 0.750. The van der Waals surface area contributed by atoms with Crippen molar-refractivity contribution in [1.29, 1.82) is 0 Å². The molecular formula is C14H24N2O2. The van der Waals surface area contributed by atoms with E-state index >= 15 is 0 Å². The van der Waals surface area contributed by atoms with Crippen LogP contribution in [0.25, 0.3) is 0 Å². The first-order valence-electron chi connectivity index (χ1n) is 6.43. The molecule has 4 heteroatoms. The molecule has 0 aliphatic rings. The molecule has 0 bridgehead atoms. The van der Waals surface area contributed by atoms with Crippen LogP contribution in [0, 0.1) is 0 Å². The molecular weight excluding hydrogens is 228 g/mol. The molecule has 0 aliphatic heterocycles. The molecule has 3 N–H and O–H groups in total. The van der Waals surface area contributed by atoms with Crippen molar-refractivity contribution in [3.63, 3.8) is 0 Å². The Balaban J connectivity index is 2.36. The van der Waals surface area contributed by atoms with E-state index in [-0.39, 0.29) is 0 Å². The van der Waals surface area contributed by atoms with Gasteiger partial charge in [-0.1, -0.05) is 0 Å². The number of hydrogen-bond donors (Lipinski definition) is 2. The smallest absolute Gasteiger partial charge is 0.122 e. The van der Waals surface area contributed by atoms with E-state index in [1.807, 2.05) is 6.07 Å². The Morgan fingerprint density at radius 1 is 1.00 bits per heavy atom. The van der Waals surface area contributed by atoms with Gasteiger partial charge in [0.1, 0.15) is 11.5 Å². The van der Waals surface area contributed by atoms with Crippen molar-refractivity contribution in [2.75, 3.05) is 33.9 Å². The number of nitrogens with one attached hydrogen (secondary N) is 1. The Morgan fingerprint density at radius 2 is 1.61 bits per heavy atom. The topological polar surface area (TPSA) is 56.5 Å². The van der Waals surface area contributed by atoms with E-state index < -0.39 is 0 Å². The molecule has 0 amide bonds. The lowest BCUT2D eigenvalue weighted by atomic mass is 10.1. The maximum atomic E-state index is 5.43. The van der Waals surface area contributed by atoms with Crippen molar-refractivity contribution in [1.82, 2.24) is 5.32 Å². The van der Waals surface area contributed by atoms with Gasteiger partial charge < -0.3 is 20.5 Å². The summed E-state index contributed by atoms with van der Waals surface area (Å²) >= 11 is 0. The van der Waals surface area contributed by atoms with Gasteiger partial charge in [0.25, 0.3) is 0 Å². The molecule has 0 aromatic heterocycles.